The van der Waals surface area contributed by atoms with Crippen molar-refractivity contribution in [3.05, 3.63) is 0 Å². The lowest BCUT2D eigenvalue weighted by atomic mass is 9.88. The molecule has 82 valence electrons. The van der Waals surface area contributed by atoms with Crippen molar-refractivity contribution < 1.29 is 0 Å². The van der Waals surface area contributed by atoms with E-state index in [4.69, 9.17) is 0 Å². The maximum atomic E-state index is 2.73. The van der Waals surface area contributed by atoms with Crippen LogP contribution in [-0.2, 0) is 0 Å². The Morgan fingerprint density at radius 1 is 1.00 bits per heavy atom. The maximum Gasteiger partial charge on any atom is 0.000977 e. The Labute approximate surface area is 88.9 Å². The van der Waals surface area contributed by atoms with E-state index < -0.39 is 0 Å². The zero-order chi connectivity index (χ0) is 9.80. The molecule has 0 N–H and O–H groups in total. The van der Waals surface area contributed by atoms with E-state index >= 15 is 0 Å². The van der Waals surface area contributed by atoms with Crippen molar-refractivity contribution in [2.75, 3.05) is 19.6 Å². The molecule has 2 fully saturated rings. The zero-order valence-corrected chi connectivity index (χ0v) is 9.67. The van der Waals surface area contributed by atoms with Gasteiger partial charge in [-0.15, -0.1) is 0 Å². The summed E-state index contributed by atoms with van der Waals surface area (Å²) in [5.74, 6) is 1.99. The fourth-order valence-electron chi connectivity index (χ4n) is 3.19. The van der Waals surface area contributed by atoms with Crippen molar-refractivity contribution in [3.63, 3.8) is 0 Å². The van der Waals surface area contributed by atoms with Gasteiger partial charge in [0.25, 0.3) is 0 Å². The van der Waals surface area contributed by atoms with E-state index in [-0.39, 0.29) is 0 Å². The molecule has 0 radical (unpaired) electrons. The van der Waals surface area contributed by atoms with Crippen molar-refractivity contribution >= 4 is 0 Å². The lowest BCUT2D eigenvalue weighted by Crippen LogP contribution is -2.38. The van der Waals surface area contributed by atoms with E-state index in [2.05, 4.69) is 11.8 Å². The minimum Gasteiger partial charge on any atom is -0.303 e. The predicted molar refractivity (Wildman–Crippen MR) is 61.4 cm³/mol. The molecule has 1 nitrogen and oxygen atoms in total. The number of hydrogen-bond donors (Lipinski definition) is 0. The lowest BCUT2D eigenvalue weighted by molar-refractivity contribution is 0.144. The van der Waals surface area contributed by atoms with Crippen LogP contribution in [0, 0.1) is 11.8 Å². The SMILES string of the molecule is C[C@@H]1CCCN(CC2CCCCC2)C1. The zero-order valence-electron chi connectivity index (χ0n) is 9.67. The molecule has 1 heterocycles. The van der Waals surface area contributed by atoms with Gasteiger partial charge < -0.3 is 4.90 Å². The first kappa shape index (κ1) is 10.5. The van der Waals surface area contributed by atoms with Crippen LogP contribution in [0.2, 0.25) is 0 Å². The van der Waals surface area contributed by atoms with Crippen LogP contribution in [-0.4, -0.2) is 24.5 Å². The summed E-state index contributed by atoms with van der Waals surface area (Å²) in [6.07, 6.45) is 10.4. The Morgan fingerprint density at radius 3 is 2.50 bits per heavy atom. The first-order chi connectivity index (χ1) is 6.84. The number of hydrogen-bond acceptors (Lipinski definition) is 1. The van der Waals surface area contributed by atoms with Gasteiger partial charge in [-0.1, -0.05) is 26.2 Å². The average Bonchev–Trinajstić information content (AvgIpc) is 2.19. The summed E-state index contributed by atoms with van der Waals surface area (Å²) < 4.78 is 0. The second-order valence-corrected chi connectivity index (χ2v) is 5.51. The lowest BCUT2D eigenvalue weighted by Gasteiger charge is -2.34. The Kier molecular flexibility index (Phi) is 3.86. The number of likely N-dealkylation sites (tertiary alicyclic amines) is 1. The van der Waals surface area contributed by atoms with Crippen LogP contribution < -0.4 is 0 Å². The molecule has 1 atom stereocenters. The van der Waals surface area contributed by atoms with Gasteiger partial charge in [-0.25, -0.2) is 0 Å². The van der Waals surface area contributed by atoms with E-state index in [1.54, 1.807) is 0 Å². The fourth-order valence-corrected chi connectivity index (χ4v) is 3.19. The van der Waals surface area contributed by atoms with Crippen molar-refractivity contribution in [2.24, 2.45) is 11.8 Å². The largest absolute Gasteiger partial charge is 0.303 e. The Bertz CT molecular complexity index is 161. The van der Waals surface area contributed by atoms with Gasteiger partial charge in [-0.3, -0.25) is 0 Å². The molecular weight excluding hydrogens is 170 g/mol. The summed E-state index contributed by atoms with van der Waals surface area (Å²) in [6, 6.07) is 0. The van der Waals surface area contributed by atoms with E-state index in [0.29, 0.717) is 0 Å². The fraction of sp³-hybridized carbons (Fsp3) is 1.00. The van der Waals surface area contributed by atoms with Gasteiger partial charge in [0.05, 0.1) is 0 Å². The van der Waals surface area contributed by atoms with Gasteiger partial charge in [0.1, 0.15) is 0 Å². The Morgan fingerprint density at radius 2 is 1.79 bits per heavy atom. The summed E-state index contributed by atoms with van der Waals surface area (Å²) >= 11 is 0. The third kappa shape index (κ3) is 2.98. The van der Waals surface area contributed by atoms with Crippen LogP contribution >= 0.6 is 0 Å². The highest BCUT2D eigenvalue weighted by Crippen LogP contribution is 2.26. The van der Waals surface area contributed by atoms with Gasteiger partial charge in [-0.05, 0) is 44.1 Å². The van der Waals surface area contributed by atoms with E-state index in [0.717, 1.165) is 11.8 Å². The molecule has 0 bridgehead atoms. The van der Waals surface area contributed by atoms with Crippen LogP contribution in [0.15, 0.2) is 0 Å². The van der Waals surface area contributed by atoms with E-state index in [1.165, 1.54) is 64.6 Å². The summed E-state index contributed by atoms with van der Waals surface area (Å²) in [6.45, 7) is 6.56. The van der Waals surface area contributed by atoms with Gasteiger partial charge in [0, 0.05) is 13.1 Å². The topological polar surface area (TPSA) is 3.24 Å². The Balaban J connectivity index is 1.72. The molecule has 1 saturated carbocycles. The maximum absolute atomic E-state index is 2.73. The second kappa shape index (κ2) is 5.16. The summed E-state index contributed by atoms with van der Waals surface area (Å²) in [4.78, 5) is 2.73. The smallest absolute Gasteiger partial charge is 0.000977 e. The summed E-state index contributed by atoms with van der Waals surface area (Å²) in [5, 5.41) is 0. The molecule has 0 spiro atoms. The molecule has 0 unspecified atom stereocenters. The molecule has 1 aliphatic carbocycles. The quantitative estimate of drug-likeness (QED) is 0.653. The van der Waals surface area contributed by atoms with Crippen LogP contribution in [0.3, 0.4) is 0 Å². The Hall–Kier alpha value is -0.0400. The minimum atomic E-state index is 0.951. The number of piperidine rings is 1. The summed E-state index contributed by atoms with van der Waals surface area (Å²) in [7, 11) is 0. The minimum absolute atomic E-state index is 0.951. The van der Waals surface area contributed by atoms with Crippen LogP contribution in [0.5, 0.6) is 0 Å². The van der Waals surface area contributed by atoms with Gasteiger partial charge in [-0.2, -0.15) is 0 Å². The molecule has 0 aromatic rings. The van der Waals surface area contributed by atoms with Crippen molar-refractivity contribution in [3.8, 4) is 0 Å². The molecule has 1 heteroatoms. The van der Waals surface area contributed by atoms with Crippen molar-refractivity contribution in [1.29, 1.82) is 0 Å². The molecule has 2 rings (SSSR count). The van der Waals surface area contributed by atoms with Crippen LogP contribution in [0.4, 0.5) is 0 Å². The summed E-state index contributed by atoms with van der Waals surface area (Å²) in [5.41, 5.74) is 0. The monoisotopic (exact) mass is 195 g/mol. The first-order valence-electron chi connectivity index (χ1n) is 6.57. The number of rotatable bonds is 2. The average molecular weight is 195 g/mol. The molecule has 0 amide bonds. The highest BCUT2D eigenvalue weighted by Gasteiger charge is 2.20. The molecule has 0 aromatic carbocycles. The third-order valence-electron chi connectivity index (χ3n) is 3.98. The second-order valence-electron chi connectivity index (χ2n) is 5.51. The normalized spacial score (nSPS) is 31.9. The van der Waals surface area contributed by atoms with Crippen molar-refractivity contribution in [2.45, 2.75) is 51.9 Å². The van der Waals surface area contributed by atoms with Crippen molar-refractivity contribution in [1.82, 2.24) is 4.90 Å². The standard InChI is InChI=1S/C13H25N/c1-12-6-5-9-14(10-12)11-13-7-3-2-4-8-13/h12-13H,2-11H2,1H3/t12-/m1/s1. The molecule has 0 aromatic heterocycles. The molecule has 2 aliphatic rings. The van der Waals surface area contributed by atoms with E-state index in [9.17, 15) is 0 Å². The van der Waals surface area contributed by atoms with Gasteiger partial charge in [0.15, 0.2) is 0 Å². The van der Waals surface area contributed by atoms with Crippen LogP contribution in [0.25, 0.3) is 0 Å². The molecule has 1 saturated heterocycles. The van der Waals surface area contributed by atoms with E-state index in [1.807, 2.05) is 0 Å². The molecule has 1 aliphatic heterocycles. The highest BCUT2D eigenvalue weighted by atomic mass is 15.1. The molecule has 14 heavy (non-hydrogen) atoms. The molecular formula is C13H25N. The van der Waals surface area contributed by atoms with Gasteiger partial charge >= 0.3 is 0 Å². The highest BCUT2D eigenvalue weighted by molar-refractivity contribution is 4.75. The van der Waals surface area contributed by atoms with Crippen LogP contribution in [0.1, 0.15) is 51.9 Å². The predicted octanol–water partition coefficient (Wildman–Crippen LogP) is 3.30. The number of nitrogens with zero attached hydrogens (tertiary/aromatic N) is 1. The third-order valence-corrected chi connectivity index (χ3v) is 3.98. The van der Waals surface area contributed by atoms with Gasteiger partial charge in [0.2, 0.25) is 0 Å². The first-order valence-corrected chi connectivity index (χ1v) is 6.57.